The quantitative estimate of drug-likeness (QED) is 0.578. The molecule has 3 aromatic heterocycles. The zero-order chi connectivity index (χ0) is 14.8. The molecule has 108 valence electrons. The largest absolute Gasteiger partial charge is 0.257 e. The Balaban J connectivity index is 1.54. The zero-order valence-electron chi connectivity index (χ0n) is 11.3. The van der Waals surface area contributed by atoms with Crippen molar-refractivity contribution in [2.24, 2.45) is 0 Å². The first-order valence-corrected chi connectivity index (χ1v) is 9.11. The summed E-state index contributed by atoms with van der Waals surface area (Å²) in [6.45, 7) is 0. The molecule has 4 nitrogen and oxygen atoms in total. The van der Waals surface area contributed by atoms with Crippen molar-refractivity contribution in [2.75, 3.05) is 0 Å². The summed E-state index contributed by atoms with van der Waals surface area (Å²) in [7, 11) is 0. The Morgan fingerprint density at radius 1 is 0.955 bits per heavy atom. The number of hydrogen-bond acceptors (Lipinski definition) is 6. The van der Waals surface area contributed by atoms with E-state index in [1.807, 2.05) is 35.7 Å². The summed E-state index contributed by atoms with van der Waals surface area (Å²) < 4.78 is 0.940. The van der Waals surface area contributed by atoms with Crippen molar-refractivity contribution >= 4 is 34.4 Å². The van der Waals surface area contributed by atoms with Gasteiger partial charge in [-0.05, 0) is 23.2 Å². The van der Waals surface area contributed by atoms with Crippen molar-refractivity contribution in [3.63, 3.8) is 0 Å². The van der Waals surface area contributed by atoms with E-state index in [-0.39, 0.29) is 0 Å². The molecule has 0 aliphatic heterocycles. The number of nitrogens with zero attached hydrogens (tertiary/aromatic N) is 3. The molecule has 0 spiro atoms. The average Bonchev–Trinajstić information content (AvgIpc) is 3.30. The number of aromatic amines is 1. The van der Waals surface area contributed by atoms with Crippen LogP contribution in [0.2, 0.25) is 0 Å². The molecule has 0 aliphatic carbocycles. The Morgan fingerprint density at radius 3 is 2.68 bits per heavy atom. The lowest BCUT2D eigenvalue weighted by Crippen LogP contribution is -1.78. The van der Waals surface area contributed by atoms with Gasteiger partial charge in [-0.1, -0.05) is 36.4 Å². The van der Waals surface area contributed by atoms with E-state index in [9.17, 15) is 0 Å². The number of benzene rings is 1. The Kier molecular flexibility index (Phi) is 3.75. The minimum absolute atomic E-state index is 0.692. The molecule has 4 aromatic rings. The molecule has 0 bridgehead atoms. The molecule has 4 rings (SSSR count). The lowest BCUT2D eigenvalue weighted by atomic mass is 10.2. The van der Waals surface area contributed by atoms with Crippen LogP contribution in [0.5, 0.6) is 0 Å². The van der Waals surface area contributed by atoms with Crippen LogP contribution in [-0.4, -0.2) is 20.2 Å². The molecule has 1 N–H and O–H groups in total. The van der Waals surface area contributed by atoms with Crippen LogP contribution in [0.3, 0.4) is 0 Å². The fourth-order valence-corrected chi connectivity index (χ4v) is 4.24. The van der Waals surface area contributed by atoms with E-state index in [1.54, 1.807) is 22.7 Å². The van der Waals surface area contributed by atoms with E-state index < -0.39 is 0 Å². The van der Waals surface area contributed by atoms with Crippen LogP contribution in [0.15, 0.2) is 62.7 Å². The van der Waals surface area contributed by atoms with E-state index in [1.165, 1.54) is 11.8 Å². The molecule has 0 radical (unpaired) electrons. The maximum Gasteiger partial charge on any atom is 0.215 e. The standard InChI is InChI=1S/C15H10N4S3/c1-2-5-10(6-3-1)11-9-21-15(16-11)22-14-17-13(18-19-14)12-7-4-8-20-12/h1-9H,(H,17,18,19). The molecule has 7 heteroatoms. The van der Waals surface area contributed by atoms with Gasteiger partial charge in [0.15, 0.2) is 10.2 Å². The number of nitrogens with one attached hydrogen (secondary N) is 1. The van der Waals surface area contributed by atoms with E-state index in [2.05, 4.69) is 37.7 Å². The van der Waals surface area contributed by atoms with Crippen molar-refractivity contribution < 1.29 is 0 Å². The van der Waals surface area contributed by atoms with Gasteiger partial charge in [0.25, 0.3) is 0 Å². The number of thiophene rings is 1. The van der Waals surface area contributed by atoms with Gasteiger partial charge < -0.3 is 0 Å². The van der Waals surface area contributed by atoms with Crippen molar-refractivity contribution in [1.29, 1.82) is 0 Å². The monoisotopic (exact) mass is 342 g/mol. The predicted octanol–water partition coefficient (Wildman–Crippen LogP) is 4.81. The van der Waals surface area contributed by atoms with Crippen molar-refractivity contribution in [1.82, 2.24) is 20.2 Å². The molecular weight excluding hydrogens is 332 g/mol. The van der Waals surface area contributed by atoms with Crippen LogP contribution in [0.4, 0.5) is 0 Å². The molecule has 0 saturated carbocycles. The number of H-pyrrole nitrogens is 1. The third kappa shape index (κ3) is 2.83. The summed E-state index contributed by atoms with van der Waals surface area (Å²) in [5.41, 5.74) is 2.11. The SMILES string of the molecule is c1ccc(-c2csc(Sc3n[nH]c(-c4cccs4)n3)n2)cc1. The Labute approximate surface area is 139 Å². The van der Waals surface area contributed by atoms with Gasteiger partial charge in [0.2, 0.25) is 5.16 Å². The van der Waals surface area contributed by atoms with Gasteiger partial charge in [0.05, 0.1) is 10.6 Å². The second-order valence-corrected chi connectivity index (χ2v) is 7.43. The van der Waals surface area contributed by atoms with Crippen LogP contribution >= 0.6 is 34.4 Å². The van der Waals surface area contributed by atoms with Crippen LogP contribution in [0, 0.1) is 0 Å². The van der Waals surface area contributed by atoms with Gasteiger partial charge in [-0.15, -0.1) is 27.8 Å². The smallest absolute Gasteiger partial charge is 0.215 e. The first-order chi connectivity index (χ1) is 10.9. The summed E-state index contributed by atoms with van der Waals surface area (Å²) in [5, 5.41) is 12.0. The van der Waals surface area contributed by atoms with E-state index in [0.717, 1.165) is 26.3 Å². The molecule has 0 atom stereocenters. The molecule has 1 aromatic carbocycles. The summed E-state index contributed by atoms with van der Waals surface area (Å²) >= 11 is 4.73. The first-order valence-electron chi connectivity index (χ1n) is 6.53. The summed E-state index contributed by atoms with van der Waals surface area (Å²) in [5.74, 6) is 0.803. The number of rotatable bonds is 4. The molecule has 22 heavy (non-hydrogen) atoms. The van der Waals surface area contributed by atoms with Gasteiger partial charge in [-0.2, -0.15) is 0 Å². The highest BCUT2D eigenvalue weighted by Gasteiger charge is 2.11. The zero-order valence-corrected chi connectivity index (χ0v) is 13.7. The summed E-state index contributed by atoms with van der Waals surface area (Å²) in [6, 6.07) is 14.2. The summed E-state index contributed by atoms with van der Waals surface area (Å²) in [4.78, 5) is 10.2. The second kappa shape index (κ2) is 6.04. The van der Waals surface area contributed by atoms with Crippen LogP contribution in [0.1, 0.15) is 0 Å². The van der Waals surface area contributed by atoms with Gasteiger partial charge in [-0.3, -0.25) is 5.10 Å². The second-order valence-electron chi connectivity index (χ2n) is 4.41. The molecular formula is C15H10N4S3. The fraction of sp³-hybridized carbons (Fsp3) is 0. The van der Waals surface area contributed by atoms with E-state index >= 15 is 0 Å². The Morgan fingerprint density at radius 2 is 1.86 bits per heavy atom. The lowest BCUT2D eigenvalue weighted by Gasteiger charge is -1.93. The average molecular weight is 342 g/mol. The van der Waals surface area contributed by atoms with Crippen LogP contribution < -0.4 is 0 Å². The minimum atomic E-state index is 0.692. The van der Waals surface area contributed by atoms with E-state index in [0.29, 0.717) is 5.16 Å². The van der Waals surface area contributed by atoms with Gasteiger partial charge in [-0.25, -0.2) is 9.97 Å². The maximum atomic E-state index is 4.64. The Bertz CT molecular complexity index is 865. The highest BCUT2D eigenvalue weighted by Crippen LogP contribution is 2.32. The third-order valence-corrected chi connectivity index (χ3v) is 5.63. The van der Waals surface area contributed by atoms with Crippen LogP contribution in [0.25, 0.3) is 22.0 Å². The fourth-order valence-electron chi connectivity index (χ4n) is 1.94. The van der Waals surface area contributed by atoms with Gasteiger partial charge in [0, 0.05) is 10.9 Å². The normalized spacial score (nSPS) is 10.9. The van der Waals surface area contributed by atoms with E-state index in [4.69, 9.17) is 0 Å². The predicted molar refractivity (Wildman–Crippen MR) is 91.4 cm³/mol. The number of hydrogen-bond donors (Lipinski definition) is 1. The maximum absolute atomic E-state index is 4.64. The molecule has 3 heterocycles. The highest BCUT2D eigenvalue weighted by molar-refractivity contribution is 8.00. The molecule has 0 fully saturated rings. The van der Waals surface area contributed by atoms with Crippen molar-refractivity contribution in [2.45, 2.75) is 9.50 Å². The third-order valence-electron chi connectivity index (χ3n) is 2.95. The van der Waals surface area contributed by atoms with Crippen molar-refractivity contribution in [3.05, 3.63) is 53.2 Å². The molecule has 0 saturated heterocycles. The summed E-state index contributed by atoms with van der Waals surface area (Å²) in [6.07, 6.45) is 0. The Hall–Kier alpha value is -1.96. The number of aromatic nitrogens is 4. The van der Waals surface area contributed by atoms with Gasteiger partial charge >= 0.3 is 0 Å². The highest BCUT2D eigenvalue weighted by atomic mass is 32.2. The minimum Gasteiger partial charge on any atom is -0.257 e. The molecule has 0 unspecified atom stereocenters. The molecule has 0 aliphatic rings. The lowest BCUT2D eigenvalue weighted by molar-refractivity contribution is 0.972. The topological polar surface area (TPSA) is 54.5 Å². The molecule has 0 amide bonds. The first kappa shape index (κ1) is 13.7. The van der Waals surface area contributed by atoms with Crippen LogP contribution in [-0.2, 0) is 0 Å². The van der Waals surface area contributed by atoms with Gasteiger partial charge in [0.1, 0.15) is 0 Å². The number of thiazole rings is 1. The van der Waals surface area contributed by atoms with Crippen molar-refractivity contribution in [3.8, 4) is 22.0 Å².